The lowest BCUT2D eigenvalue weighted by Gasteiger charge is -2.14. The van der Waals surface area contributed by atoms with E-state index in [4.69, 9.17) is 14.7 Å². The Morgan fingerprint density at radius 2 is 2.16 bits per heavy atom. The predicted molar refractivity (Wildman–Crippen MR) is 75.3 cm³/mol. The molecule has 0 atom stereocenters. The summed E-state index contributed by atoms with van der Waals surface area (Å²) in [6.45, 7) is 5.51. The number of nitrogens with zero attached hydrogens (tertiary/aromatic N) is 1. The number of ether oxygens (including phenoxy) is 2. The molecule has 0 fully saturated rings. The third-order valence-electron chi connectivity index (χ3n) is 2.66. The van der Waals surface area contributed by atoms with Crippen LogP contribution in [-0.4, -0.2) is 19.8 Å². The molecule has 4 nitrogen and oxygen atoms in total. The molecule has 0 radical (unpaired) electrons. The van der Waals surface area contributed by atoms with Crippen molar-refractivity contribution in [3.8, 4) is 17.6 Å². The molecular weight excluding hydrogens is 240 g/mol. The quantitative estimate of drug-likeness (QED) is 0.732. The standard InChI is InChI=1S/C15H22N2O2/c1-12(2)17-11-13-10-14(18-3)6-7-15(13)19-9-5-4-8-16/h6-7,10,12,17H,4-5,9,11H2,1-3H3. The minimum atomic E-state index is 0.414. The van der Waals surface area contributed by atoms with Crippen LogP contribution in [0.15, 0.2) is 18.2 Å². The van der Waals surface area contributed by atoms with E-state index in [1.807, 2.05) is 18.2 Å². The average molecular weight is 262 g/mol. The SMILES string of the molecule is COc1ccc(OCCCC#N)c(CNC(C)C)c1. The fourth-order valence-corrected chi connectivity index (χ4v) is 1.61. The summed E-state index contributed by atoms with van der Waals surface area (Å²) in [5.74, 6) is 1.68. The second-order valence-corrected chi connectivity index (χ2v) is 4.62. The summed E-state index contributed by atoms with van der Waals surface area (Å²) < 4.78 is 11.0. The molecule has 0 aliphatic rings. The maximum absolute atomic E-state index is 8.50. The molecule has 0 spiro atoms. The van der Waals surface area contributed by atoms with E-state index < -0.39 is 0 Å². The van der Waals surface area contributed by atoms with E-state index in [0.29, 0.717) is 19.1 Å². The monoisotopic (exact) mass is 262 g/mol. The Morgan fingerprint density at radius 1 is 1.37 bits per heavy atom. The molecule has 4 heteroatoms. The zero-order valence-electron chi connectivity index (χ0n) is 11.9. The summed E-state index contributed by atoms with van der Waals surface area (Å²) >= 11 is 0. The molecule has 1 aromatic carbocycles. The van der Waals surface area contributed by atoms with Crippen LogP contribution in [0.5, 0.6) is 11.5 Å². The van der Waals surface area contributed by atoms with Gasteiger partial charge in [-0.25, -0.2) is 0 Å². The van der Waals surface area contributed by atoms with Crippen molar-refractivity contribution in [3.05, 3.63) is 23.8 Å². The van der Waals surface area contributed by atoms with Gasteiger partial charge in [-0.05, 0) is 24.6 Å². The van der Waals surface area contributed by atoms with Gasteiger partial charge in [0.15, 0.2) is 0 Å². The first kappa shape index (κ1) is 15.3. The van der Waals surface area contributed by atoms with E-state index in [-0.39, 0.29) is 0 Å². The number of rotatable bonds is 8. The van der Waals surface area contributed by atoms with Crippen molar-refractivity contribution in [2.75, 3.05) is 13.7 Å². The molecule has 104 valence electrons. The summed E-state index contributed by atoms with van der Waals surface area (Å²) in [5.41, 5.74) is 1.07. The number of unbranched alkanes of at least 4 members (excludes halogenated alkanes) is 1. The molecule has 1 N–H and O–H groups in total. The first-order chi connectivity index (χ1) is 9.17. The summed E-state index contributed by atoms with van der Waals surface area (Å²) in [6, 6.07) is 8.32. The molecule has 1 aromatic rings. The number of nitriles is 1. The van der Waals surface area contributed by atoms with E-state index in [9.17, 15) is 0 Å². The number of nitrogens with one attached hydrogen (secondary N) is 1. The van der Waals surface area contributed by atoms with Crippen LogP contribution in [-0.2, 0) is 6.54 Å². The van der Waals surface area contributed by atoms with Crippen molar-refractivity contribution in [1.29, 1.82) is 5.26 Å². The Morgan fingerprint density at radius 3 is 2.79 bits per heavy atom. The van der Waals surface area contributed by atoms with Gasteiger partial charge < -0.3 is 14.8 Å². The number of methoxy groups -OCH3 is 1. The summed E-state index contributed by atoms with van der Waals surface area (Å²) in [5, 5.41) is 11.9. The van der Waals surface area contributed by atoms with E-state index in [0.717, 1.165) is 30.0 Å². The molecule has 1 rings (SSSR count). The van der Waals surface area contributed by atoms with Crippen molar-refractivity contribution in [1.82, 2.24) is 5.32 Å². The summed E-state index contributed by atoms with van der Waals surface area (Å²) in [4.78, 5) is 0. The normalized spacial score (nSPS) is 10.3. The van der Waals surface area contributed by atoms with Gasteiger partial charge >= 0.3 is 0 Å². The van der Waals surface area contributed by atoms with Crippen LogP contribution in [0.2, 0.25) is 0 Å². The van der Waals surface area contributed by atoms with Crippen LogP contribution in [0.4, 0.5) is 0 Å². The maximum atomic E-state index is 8.50. The second kappa shape index (κ2) is 8.39. The van der Waals surface area contributed by atoms with Gasteiger partial charge in [-0.3, -0.25) is 0 Å². The smallest absolute Gasteiger partial charge is 0.124 e. The van der Waals surface area contributed by atoms with Crippen molar-refractivity contribution in [2.24, 2.45) is 0 Å². The Bertz CT molecular complexity index is 425. The minimum absolute atomic E-state index is 0.414. The molecule has 0 aliphatic carbocycles. The largest absolute Gasteiger partial charge is 0.497 e. The lowest BCUT2D eigenvalue weighted by atomic mass is 10.1. The molecule has 0 amide bonds. The van der Waals surface area contributed by atoms with Gasteiger partial charge in [-0.1, -0.05) is 13.8 Å². The second-order valence-electron chi connectivity index (χ2n) is 4.62. The molecule has 0 saturated carbocycles. The van der Waals surface area contributed by atoms with Gasteiger partial charge in [0.25, 0.3) is 0 Å². The van der Waals surface area contributed by atoms with Crippen LogP contribution < -0.4 is 14.8 Å². The lowest BCUT2D eigenvalue weighted by molar-refractivity contribution is 0.307. The van der Waals surface area contributed by atoms with Gasteiger partial charge in [-0.15, -0.1) is 0 Å². The Kier molecular flexibility index (Phi) is 6.76. The molecule has 0 aromatic heterocycles. The van der Waals surface area contributed by atoms with Crippen LogP contribution in [0.3, 0.4) is 0 Å². The Hall–Kier alpha value is -1.73. The summed E-state index contributed by atoms with van der Waals surface area (Å²) in [7, 11) is 1.66. The van der Waals surface area contributed by atoms with Gasteiger partial charge in [0.1, 0.15) is 11.5 Å². The fraction of sp³-hybridized carbons (Fsp3) is 0.533. The molecule has 0 aliphatic heterocycles. The van der Waals surface area contributed by atoms with Gasteiger partial charge in [-0.2, -0.15) is 5.26 Å². The van der Waals surface area contributed by atoms with E-state index in [1.54, 1.807) is 7.11 Å². The molecular formula is C15H22N2O2. The number of hydrogen-bond donors (Lipinski definition) is 1. The highest BCUT2D eigenvalue weighted by Gasteiger charge is 2.06. The third-order valence-corrected chi connectivity index (χ3v) is 2.66. The van der Waals surface area contributed by atoms with Gasteiger partial charge in [0, 0.05) is 24.6 Å². The third kappa shape index (κ3) is 5.62. The fourth-order valence-electron chi connectivity index (χ4n) is 1.61. The van der Waals surface area contributed by atoms with Crippen LogP contribution >= 0.6 is 0 Å². The van der Waals surface area contributed by atoms with Crippen LogP contribution in [0, 0.1) is 11.3 Å². The predicted octanol–water partition coefficient (Wildman–Crippen LogP) is 2.88. The van der Waals surface area contributed by atoms with Crippen molar-refractivity contribution in [3.63, 3.8) is 0 Å². The zero-order valence-corrected chi connectivity index (χ0v) is 11.9. The van der Waals surface area contributed by atoms with E-state index >= 15 is 0 Å². The van der Waals surface area contributed by atoms with E-state index in [2.05, 4.69) is 25.2 Å². The first-order valence-electron chi connectivity index (χ1n) is 6.57. The molecule has 0 saturated heterocycles. The van der Waals surface area contributed by atoms with Crippen molar-refractivity contribution in [2.45, 2.75) is 39.3 Å². The van der Waals surface area contributed by atoms with E-state index in [1.165, 1.54) is 0 Å². The summed E-state index contributed by atoms with van der Waals surface area (Å²) in [6.07, 6.45) is 1.27. The Balaban J connectivity index is 2.68. The first-order valence-corrected chi connectivity index (χ1v) is 6.57. The van der Waals surface area contributed by atoms with Crippen molar-refractivity contribution >= 4 is 0 Å². The zero-order chi connectivity index (χ0) is 14.1. The van der Waals surface area contributed by atoms with Crippen molar-refractivity contribution < 1.29 is 9.47 Å². The highest BCUT2D eigenvalue weighted by molar-refractivity contribution is 5.40. The van der Waals surface area contributed by atoms with Crippen LogP contribution in [0.25, 0.3) is 0 Å². The number of benzene rings is 1. The topological polar surface area (TPSA) is 54.3 Å². The maximum Gasteiger partial charge on any atom is 0.124 e. The average Bonchev–Trinajstić information content (AvgIpc) is 2.42. The van der Waals surface area contributed by atoms with Gasteiger partial charge in [0.05, 0.1) is 19.8 Å². The minimum Gasteiger partial charge on any atom is -0.497 e. The van der Waals surface area contributed by atoms with Crippen LogP contribution in [0.1, 0.15) is 32.3 Å². The molecule has 0 unspecified atom stereocenters. The lowest BCUT2D eigenvalue weighted by Crippen LogP contribution is -2.22. The van der Waals surface area contributed by atoms with Gasteiger partial charge in [0.2, 0.25) is 0 Å². The molecule has 0 heterocycles. The highest BCUT2D eigenvalue weighted by atomic mass is 16.5. The molecule has 0 bridgehead atoms. The number of hydrogen-bond acceptors (Lipinski definition) is 4. The highest BCUT2D eigenvalue weighted by Crippen LogP contribution is 2.24. The Labute approximate surface area is 115 Å². The molecule has 19 heavy (non-hydrogen) atoms.